The summed E-state index contributed by atoms with van der Waals surface area (Å²) in [6.45, 7) is 2.31. The lowest BCUT2D eigenvalue weighted by molar-refractivity contribution is 0.0961. The van der Waals surface area contributed by atoms with Crippen LogP contribution in [-0.2, 0) is 6.54 Å². The first kappa shape index (κ1) is 18.2. The van der Waals surface area contributed by atoms with Crippen LogP contribution in [0.3, 0.4) is 0 Å². The van der Waals surface area contributed by atoms with Crippen LogP contribution in [0.25, 0.3) is 10.9 Å². The second-order valence-corrected chi connectivity index (χ2v) is 7.54. The molecule has 6 heteroatoms. The zero-order chi connectivity index (χ0) is 19.8. The van der Waals surface area contributed by atoms with Gasteiger partial charge in [0.05, 0.1) is 6.54 Å². The Morgan fingerprint density at radius 1 is 1.29 bits per heavy atom. The van der Waals surface area contributed by atoms with Crippen LogP contribution in [0.5, 0.6) is 0 Å². The minimum absolute atomic E-state index is 0.00196. The fraction of sp³-hybridized carbons (Fsp3) is 0.318. The first-order valence-electron chi connectivity index (χ1n) is 9.53. The van der Waals surface area contributed by atoms with Crippen molar-refractivity contribution < 1.29 is 9.59 Å². The van der Waals surface area contributed by atoms with Crippen LogP contribution in [0.1, 0.15) is 51.1 Å². The van der Waals surface area contributed by atoms with Gasteiger partial charge in [-0.1, -0.05) is 12.1 Å². The van der Waals surface area contributed by atoms with E-state index in [-0.39, 0.29) is 11.3 Å². The van der Waals surface area contributed by atoms with E-state index in [9.17, 15) is 14.4 Å². The molecule has 6 nitrogen and oxygen atoms in total. The highest BCUT2D eigenvalue weighted by molar-refractivity contribution is 6.00. The molecule has 1 aromatic carbocycles. The number of aromatic amines is 1. The highest BCUT2D eigenvalue weighted by atomic mass is 16.2. The monoisotopic (exact) mass is 377 g/mol. The van der Waals surface area contributed by atoms with Gasteiger partial charge in [0.15, 0.2) is 5.78 Å². The van der Waals surface area contributed by atoms with E-state index >= 15 is 0 Å². The second kappa shape index (κ2) is 7.11. The maximum Gasteiger partial charge on any atom is 0.263 e. The number of benzene rings is 1. The molecule has 0 aliphatic heterocycles. The largest absolute Gasteiger partial charge is 0.361 e. The van der Waals surface area contributed by atoms with E-state index in [2.05, 4.69) is 10.3 Å². The van der Waals surface area contributed by atoms with Crippen LogP contribution in [0.15, 0.2) is 41.5 Å². The Labute approximate surface area is 162 Å². The van der Waals surface area contributed by atoms with Crippen molar-refractivity contribution in [1.29, 1.82) is 0 Å². The second-order valence-electron chi connectivity index (χ2n) is 7.54. The predicted molar refractivity (Wildman–Crippen MR) is 108 cm³/mol. The zero-order valence-corrected chi connectivity index (χ0v) is 16.0. The molecule has 2 heterocycles. The molecule has 0 atom stereocenters. The summed E-state index contributed by atoms with van der Waals surface area (Å²) < 4.78 is 1.48. The fourth-order valence-electron chi connectivity index (χ4n) is 3.66. The van der Waals surface area contributed by atoms with Crippen molar-refractivity contribution in [3.8, 4) is 0 Å². The Morgan fingerprint density at radius 3 is 2.79 bits per heavy atom. The quantitative estimate of drug-likeness (QED) is 0.648. The number of nitrogens with one attached hydrogen (secondary N) is 2. The summed E-state index contributed by atoms with van der Waals surface area (Å²) in [4.78, 5) is 41.0. The van der Waals surface area contributed by atoms with E-state index in [0.717, 1.165) is 34.9 Å². The van der Waals surface area contributed by atoms with Gasteiger partial charge in [-0.2, -0.15) is 0 Å². The number of ketones is 1. The summed E-state index contributed by atoms with van der Waals surface area (Å²) in [5.74, 6) is -0.0547. The molecule has 1 amide bonds. The number of rotatable bonds is 6. The molecule has 1 aliphatic rings. The third-order valence-electron chi connectivity index (χ3n) is 5.38. The van der Waals surface area contributed by atoms with Crippen molar-refractivity contribution in [2.45, 2.75) is 32.7 Å². The number of hydrogen-bond acceptors (Lipinski definition) is 3. The van der Waals surface area contributed by atoms with Gasteiger partial charge in [0.25, 0.3) is 11.5 Å². The Morgan fingerprint density at radius 2 is 2.07 bits per heavy atom. The predicted octanol–water partition coefficient (Wildman–Crippen LogP) is 3.03. The Kier molecular flexibility index (Phi) is 4.63. The number of aryl methyl sites for hydroxylation is 1. The van der Waals surface area contributed by atoms with Gasteiger partial charge < -0.3 is 14.9 Å². The molecule has 4 rings (SSSR count). The molecule has 28 heavy (non-hydrogen) atoms. The standard InChI is InChI=1S/C22H23N3O3/c1-13-10-24-18-5-3-4-15(20(13)18)11-25-12-16(19(26)8-14-6-7-14)9-17(22(25)28)21(27)23-2/h3-5,9-10,12,14,24H,6-8,11H2,1-2H3,(H,23,27). The molecule has 3 aromatic rings. The number of H-pyrrole nitrogens is 1. The van der Waals surface area contributed by atoms with E-state index in [1.807, 2.05) is 31.3 Å². The lowest BCUT2D eigenvalue weighted by Crippen LogP contribution is -2.32. The summed E-state index contributed by atoms with van der Waals surface area (Å²) >= 11 is 0. The average Bonchev–Trinajstić information content (AvgIpc) is 3.43. The number of nitrogens with zero attached hydrogens (tertiary/aromatic N) is 1. The summed E-state index contributed by atoms with van der Waals surface area (Å²) in [6.07, 6.45) is 6.14. The molecular formula is C22H23N3O3. The van der Waals surface area contributed by atoms with Gasteiger partial charge in [-0.25, -0.2) is 0 Å². The molecule has 0 radical (unpaired) electrons. The number of aromatic nitrogens is 2. The lowest BCUT2D eigenvalue weighted by atomic mass is 10.0. The van der Waals surface area contributed by atoms with E-state index in [1.165, 1.54) is 17.7 Å². The molecule has 2 aromatic heterocycles. The molecule has 1 fully saturated rings. The number of carbonyl (C=O) groups excluding carboxylic acids is 2. The van der Waals surface area contributed by atoms with Crippen molar-refractivity contribution in [3.05, 3.63) is 69.3 Å². The van der Waals surface area contributed by atoms with Gasteiger partial charge >= 0.3 is 0 Å². The molecule has 2 N–H and O–H groups in total. The number of fused-ring (bicyclic) bond motifs is 1. The summed E-state index contributed by atoms with van der Waals surface area (Å²) in [5.41, 5.74) is 3.08. The Hall–Kier alpha value is -3.15. The smallest absolute Gasteiger partial charge is 0.263 e. The van der Waals surface area contributed by atoms with Crippen LogP contribution >= 0.6 is 0 Å². The fourth-order valence-corrected chi connectivity index (χ4v) is 3.66. The molecule has 1 aliphatic carbocycles. The number of hydrogen-bond donors (Lipinski definition) is 2. The van der Waals surface area contributed by atoms with Crippen molar-refractivity contribution in [2.75, 3.05) is 7.05 Å². The Balaban J connectivity index is 1.80. The van der Waals surface area contributed by atoms with Crippen molar-refractivity contribution in [2.24, 2.45) is 5.92 Å². The summed E-state index contributed by atoms with van der Waals surface area (Å²) in [7, 11) is 1.48. The molecule has 0 bridgehead atoms. The van der Waals surface area contributed by atoms with Gasteiger partial charge in [-0.05, 0) is 48.9 Å². The minimum atomic E-state index is -0.476. The number of pyridine rings is 1. The number of amides is 1. The van der Waals surface area contributed by atoms with Gasteiger partial charge in [-0.15, -0.1) is 0 Å². The maximum atomic E-state index is 12.9. The molecule has 0 saturated heterocycles. The van der Waals surface area contributed by atoms with Crippen LogP contribution in [0.4, 0.5) is 0 Å². The minimum Gasteiger partial charge on any atom is -0.361 e. The van der Waals surface area contributed by atoms with Crippen LogP contribution in [-0.4, -0.2) is 28.3 Å². The summed E-state index contributed by atoms with van der Waals surface area (Å²) in [6, 6.07) is 7.32. The van der Waals surface area contributed by atoms with Gasteiger partial charge in [0.1, 0.15) is 5.56 Å². The third-order valence-corrected chi connectivity index (χ3v) is 5.38. The van der Waals surface area contributed by atoms with E-state index in [0.29, 0.717) is 24.4 Å². The maximum absolute atomic E-state index is 12.9. The molecular weight excluding hydrogens is 354 g/mol. The first-order valence-corrected chi connectivity index (χ1v) is 9.53. The van der Waals surface area contributed by atoms with Gasteiger partial charge in [0, 0.05) is 42.3 Å². The Bertz CT molecular complexity index is 1140. The third kappa shape index (κ3) is 3.38. The number of Topliss-reactive ketones (excluding diaryl/α,β-unsaturated/α-hetero) is 1. The molecule has 0 spiro atoms. The highest BCUT2D eigenvalue weighted by Gasteiger charge is 2.26. The van der Waals surface area contributed by atoms with Crippen LogP contribution in [0, 0.1) is 12.8 Å². The SMILES string of the molecule is CNC(=O)c1cc(C(=O)CC2CC2)cn(Cc2cccc3[nH]cc(C)c23)c1=O. The van der Waals surface area contributed by atoms with Crippen LogP contribution < -0.4 is 10.9 Å². The number of carbonyl (C=O) groups is 2. The molecule has 144 valence electrons. The van der Waals surface area contributed by atoms with Gasteiger partial charge in [-0.3, -0.25) is 14.4 Å². The van der Waals surface area contributed by atoms with E-state index in [1.54, 1.807) is 6.20 Å². The topological polar surface area (TPSA) is 84.0 Å². The lowest BCUT2D eigenvalue weighted by Gasteiger charge is -2.12. The molecule has 1 saturated carbocycles. The first-order chi connectivity index (χ1) is 13.5. The van der Waals surface area contributed by atoms with Crippen LogP contribution in [0.2, 0.25) is 0 Å². The average molecular weight is 377 g/mol. The van der Waals surface area contributed by atoms with Crippen molar-refractivity contribution >= 4 is 22.6 Å². The van der Waals surface area contributed by atoms with Gasteiger partial charge in [0.2, 0.25) is 0 Å². The van der Waals surface area contributed by atoms with Crippen molar-refractivity contribution in [1.82, 2.24) is 14.9 Å². The normalized spacial score (nSPS) is 13.6. The molecule has 0 unspecified atom stereocenters. The highest BCUT2D eigenvalue weighted by Crippen LogP contribution is 2.33. The van der Waals surface area contributed by atoms with Crippen molar-refractivity contribution in [3.63, 3.8) is 0 Å². The zero-order valence-electron chi connectivity index (χ0n) is 16.0. The summed E-state index contributed by atoms with van der Waals surface area (Å²) in [5, 5.41) is 3.56. The van der Waals surface area contributed by atoms with E-state index in [4.69, 9.17) is 0 Å². The van der Waals surface area contributed by atoms with E-state index < -0.39 is 11.5 Å².